The van der Waals surface area contributed by atoms with Crippen molar-refractivity contribution >= 4 is 54.2 Å². The highest BCUT2D eigenvalue weighted by molar-refractivity contribution is 6.25. The predicted octanol–water partition coefficient (Wildman–Crippen LogP) is 11.3. The highest BCUT2D eigenvalue weighted by atomic mass is 16.3. The molecule has 0 aliphatic rings. The fourth-order valence-corrected chi connectivity index (χ4v) is 7.03. The number of aromatic nitrogens is 4. The summed E-state index contributed by atoms with van der Waals surface area (Å²) in [6, 6.07) is 54.1. The van der Waals surface area contributed by atoms with Crippen molar-refractivity contribution in [2.24, 2.45) is 0 Å². The first-order valence-electron chi connectivity index (χ1n) is 16.3. The van der Waals surface area contributed by atoms with Gasteiger partial charge in [-0.15, -0.1) is 0 Å². The van der Waals surface area contributed by atoms with E-state index < -0.39 is 0 Å². The topological polar surface area (TPSA) is 64.7 Å². The molecule has 0 fully saturated rings. The fourth-order valence-electron chi connectivity index (χ4n) is 7.03. The summed E-state index contributed by atoms with van der Waals surface area (Å²) in [5.41, 5.74) is 5.11. The summed E-state index contributed by atoms with van der Waals surface area (Å²) in [6.45, 7) is 0. The molecular weight excluding hydrogens is 601 g/mol. The van der Waals surface area contributed by atoms with E-state index in [1.54, 1.807) is 0 Å². The second kappa shape index (κ2) is 10.9. The number of rotatable bonds is 4. The standard InChI is InChI=1S/C44H26N4O/c1-3-12-28(13-4-1)41-46-42(30-22-24-35-33-19-8-7-17-31(33)32-18-9-10-20-34(32)37(35)26-30)48-43(47-41)36-21-11-16-27-23-25-38-40(39(27)36)49-44(45-38)29-14-5-2-6-15-29/h1-26H. The van der Waals surface area contributed by atoms with Crippen LogP contribution in [0.5, 0.6) is 0 Å². The maximum absolute atomic E-state index is 6.50. The minimum absolute atomic E-state index is 0.572. The molecular formula is C44H26N4O. The van der Waals surface area contributed by atoms with E-state index in [9.17, 15) is 0 Å². The maximum Gasteiger partial charge on any atom is 0.227 e. The number of benzene rings is 8. The van der Waals surface area contributed by atoms with E-state index in [0.29, 0.717) is 28.9 Å². The van der Waals surface area contributed by atoms with E-state index in [2.05, 4.69) is 84.9 Å². The fraction of sp³-hybridized carbons (Fsp3) is 0. The van der Waals surface area contributed by atoms with Crippen LogP contribution in [0.4, 0.5) is 0 Å². The lowest BCUT2D eigenvalue weighted by molar-refractivity contribution is 0.623. The van der Waals surface area contributed by atoms with E-state index in [1.807, 2.05) is 72.8 Å². The van der Waals surface area contributed by atoms with Gasteiger partial charge in [-0.05, 0) is 62.0 Å². The van der Waals surface area contributed by atoms with Crippen molar-refractivity contribution in [2.45, 2.75) is 0 Å². The molecule has 5 heteroatoms. The van der Waals surface area contributed by atoms with E-state index in [1.165, 1.54) is 26.9 Å². The van der Waals surface area contributed by atoms with Crippen LogP contribution in [0.25, 0.3) is 99.8 Å². The minimum Gasteiger partial charge on any atom is -0.435 e. The smallest absolute Gasteiger partial charge is 0.227 e. The molecule has 10 aromatic rings. The van der Waals surface area contributed by atoms with Gasteiger partial charge in [-0.2, -0.15) is 0 Å². The lowest BCUT2D eigenvalue weighted by Gasteiger charge is -2.13. The Bertz CT molecular complexity index is 2840. The van der Waals surface area contributed by atoms with Gasteiger partial charge in [0.05, 0.1) is 0 Å². The molecule has 0 radical (unpaired) electrons. The first-order valence-corrected chi connectivity index (χ1v) is 16.3. The molecule has 0 atom stereocenters. The van der Waals surface area contributed by atoms with Crippen LogP contribution < -0.4 is 0 Å². The highest BCUT2D eigenvalue weighted by Gasteiger charge is 2.19. The van der Waals surface area contributed by atoms with Gasteiger partial charge < -0.3 is 4.42 Å². The van der Waals surface area contributed by atoms with E-state index >= 15 is 0 Å². The van der Waals surface area contributed by atoms with Crippen molar-refractivity contribution < 1.29 is 4.42 Å². The Labute approximate surface area is 281 Å². The molecule has 0 saturated heterocycles. The van der Waals surface area contributed by atoms with E-state index in [-0.39, 0.29) is 0 Å². The Balaban J connectivity index is 1.23. The summed E-state index contributed by atoms with van der Waals surface area (Å²) in [5.74, 6) is 2.36. The first-order chi connectivity index (χ1) is 24.3. The Kier molecular flexibility index (Phi) is 6.11. The minimum atomic E-state index is 0.572. The summed E-state index contributed by atoms with van der Waals surface area (Å²) in [4.78, 5) is 20.2. The summed E-state index contributed by atoms with van der Waals surface area (Å²) in [5, 5.41) is 9.21. The van der Waals surface area contributed by atoms with Crippen LogP contribution in [0.3, 0.4) is 0 Å². The molecule has 0 aliphatic heterocycles. The van der Waals surface area contributed by atoms with Gasteiger partial charge in [0.25, 0.3) is 0 Å². The van der Waals surface area contributed by atoms with Crippen LogP contribution in [-0.4, -0.2) is 19.9 Å². The van der Waals surface area contributed by atoms with Gasteiger partial charge >= 0.3 is 0 Å². The number of hydrogen-bond acceptors (Lipinski definition) is 5. The largest absolute Gasteiger partial charge is 0.435 e. The Morgan fingerprint density at radius 2 is 0.939 bits per heavy atom. The summed E-state index contributed by atoms with van der Waals surface area (Å²) in [7, 11) is 0. The van der Waals surface area contributed by atoms with Crippen molar-refractivity contribution in [3.05, 3.63) is 158 Å². The van der Waals surface area contributed by atoms with Gasteiger partial charge in [-0.1, -0.05) is 133 Å². The van der Waals surface area contributed by atoms with Crippen LogP contribution in [0.15, 0.2) is 162 Å². The maximum atomic E-state index is 6.50. The normalized spacial score (nSPS) is 11.7. The molecule has 0 unspecified atom stereocenters. The SMILES string of the molecule is c1ccc(-c2nc(-c3ccc4c5ccccc5c5ccccc5c4c3)nc(-c3cccc4ccc5nc(-c6ccccc6)oc5c34)n2)cc1. The van der Waals surface area contributed by atoms with Crippen molar-refractivity contribution in [1.82, 2.24) is 19.9 Å². The summed E-state index contributed by atoms with van der Waals surface area (Å²) in [6.07, 6.45) is 0. The van der Waals surface area contributed by atoms with E-state index in [4.69, 9.17) is 24.4 Å². The molecule has 49 heavy (non-hydrogen) atoms. The predicted molar refractivity (Wildman–Crippen MR) is 199 cm³/mol. The van der Waals surface area contributed by atoms with Gasteiger partial charge in [0.2, 0.25) is 5.89 Å². The van der Waals surface area contributed by atoms with Crippen molar-refractivity contribution in [3.8, 4) is 45.6 Å². The number of hydrogen-bond donors (Lipinski definition) is 0. The molecule has 0 bridgehead atoms. The molecule has 10 rings (SSSR count). The van der Waals surface area contributed by atoms with Crippen molar-refractivity contribution in [2.75, 3.05) is 0 Å². The zero-order valence-corrected chi connectivity index (χ0v) is 26.2. The Morgan fingerprint density at radius 1 is 0.367 bits per heavy atom. The van der Waals surface area contributed by atoms with Crippen LogP contribution >= 0.6 is 0 Å². The highest BCUT2D eigenvalue weighted by Crippen LogP contribution is 2.39. The van der Waals surface area contributed by atoms with Crippen LogP contribution in [0.1, 0.15) is 0 Å². The van der Waals surface area contributed by atoms with Crippen LogP contribution in [0, 0.1) is 0 Å². The number of fused-ring (bicyclic) bond motifs is 9. The average molecular weight is 627 g/mol. The monoisotopic (exact) mass is 626 g/mol. The zero-order valence-electron chi connectivity index (χ0n) is 26.2. The molecule has 0 amide bonds. The Hall–Kier alpha value is -6.72. The number of oxazole rings is 1. The molecule has 0 aliphatic carbocycles. The van der Waals surface area contributed by atoms with Gasteiger partial charge in [-0.25, -0.2) is 19.9 Å². The van der Waals surface area contributed by atoms with Gasteiger partial charge in [0.1, 0.15) is 5.52 Å². The third kappa shape index (κ3) is 4.48. The van der Waals surface area contributed by atoms with Crippen LogP contribution in [-0.2, 0) is 0 Å². The van der Waals surface area contributed by atoms with Gasteiger partial charge in [-0.3, -0.25) is 0 Å². The molecule has 5 nitrogen and oxygen atoms in total. The molecule has 0 N–H and O–H groups in total. The van der Waals surface area contributed by atoms with Crippen molar-refractivity contribution in [3.63, 3.8) is 0 Å². The number of nitrogens with zero attached hydrogens (tertiary/aromatic N) is 4. The molecule has 0 saturated carbocycles. The third-order valence-corrected chi connectivity index (χ3v) is 9.33. The molecule has 228 valence electrons. The second-order valence-electron chi connectivity index (χ2n) is 12.2. The molecule has 2 heterocycles. The first kappa shape index (κ1) is 27.4. The summed E-state index contributed by atoms with van der Waals surface area (Å²) < 4.78 is 6.50. The van der Waals surface area contributed by atoms with Gasteiger partial charge in [0, 0.05) is 27.6 Å². The molecule has 0 spiro atoms. The second-order valence-corrected chi connectivity index (χ2v) is 12.2. The zero-order chi connectivity index (χ0) is 32.3. The molecule has 8 aromatic carbocycles. The third-order valence-electron chi connectivity index (χ3n) is 9.33. The van der Waals surface area contributed by atoms with Gasteiger partial charge in [0.15, 0.2) is 23.1 Å². The van der Waals surface area contributed by atoms with Crippen LogP contribution in [0.2, 0.25) is 0 Å². The Morgan fingerprint density at radius 3 is 1.63 bits per heavy atom. The molecule has 2 aromatic heterocycles. The quantitative estimate of drug-likeness (QED) is 0.182. The summed E-state index contributed by atoms with van der Waals surface area (Å²) >= 11 is 0. The lowest BCUT2D eigenvalue weighted by atomic mass is 9.93. The van der Waals surface area contributed by atoms with E-state index in [0.717, 1.165) is 43.9 Å². The van der Waals surface area contributed by atoms with Crippen molar-refractivity contribution in [1.29, 1.82) is 0 Å². The lowest BCUT2D eigenvalue weighted by Crippen LogP contribution is -2.00. The average Bonchev–Trinajstić information content (AvgIpc) is 3.63.